The van der Waals surface area contributed by atoms with E-state index in [-0.39, 0.29) is 5.38 Å². The quantitative estimate of drug-likeness (QED) is 0.786. The summed E-state index contributed by atoms with van der Waals surface area (Å²) in [6, 6.07) is 4.18. The molecule has 5 heteroatoms. The van der Waals surface area contributed by atoms with Crippen LogP contribution >= 0.6 is 27.5 Å². The number of benzene rings is 1. The fraction of sp³-hybridized carbons (Fsp3) is 0.333. The summed E-state index contributed by atoms with van der Waals surface area (Å²) in [5.41, 5.74) is 4.14. The zero-order valence-corrected chi connectivity index (χ0v) is 12.2. The SMILES string of the molecule is Cc1cc(C)c(-n2cc(C(C)Cl)nn2)c(Br)c1. The van der Waals surface area contributed by atoms with Gasteiger partial charge >= 0.3 is 0 Å². The van der Waals surface area contributed by atoms with E-state index >= 15 is 0 Å². The Bertz CT molecular complexity index is 525. The Kier molecular flexibility index (Phi) is 3.54. The van der Waals surface area contributed by atoms with Crippen LogP contribution in [0.1, 0.15) is 29.1 Å². The number of nitrogens with zero attached hydrogens (tertiary/aromatic N) is 3. The van der Waals surface area contributed by atoms with Gasteiger partial charge in [-0.2, -0.15) is 0 Å². The molecule has 90 valence electrons. The van der Waals surface area contributed by atoms with Gasteiger partial charge in [0, 0.05) is 4.47 Å². The summed E-state index contributed by atoms with van der Waals surface area (Å²) in [4.78, 5) is 0. The molecule has 0 fully saturated rings. The van der Waals surface area contributed by atoms with Crippen LogP contribution in [0.2, 0.25) is 0 Å². The minimum Gasteiger partial charge on any atom is -0.219 e. The molecule has 0 saturated heterocycles. The van der Waals surface area contributed by atoms with E-state index < -0.39 is 0 Å². The van der Waals surface area contributed by atoms with Gasteiger partial charge < -0.3 is 0 Å². The Morgan fingerprint density at radius 2 is 2.06 bits per heavy atom. The van der Waals surface area contributed by atoms with Gasteiger partial charge in [0.1, 0.15) is 5.69 Å². The van der Waals surface area contributed by atoms with Gasteiger partial charge in [0.05, 0.1) is 17.3 Å². The molecule has 0 saturated carbocycles. The minimum absolute atomic E-state index is 0.131. The Morgan fingerprint density at radius 1 is 1.35 bits per heavy atom. The topological polar surface area (TPSA) is 30.7 Å². The first-order valence-corrected chi connectivity index (χ1v) is 6.55. The Labute approximate surface area is 114 Å². The lowest BCUT2D eigenvalue weighted by atomic mass is 10.1. The third-order valence-electron chi connectivity index (χ3n) is 2.55. The van der Waals surface area contributed by atoms with E-state index in [1.165, 1.54) is 5.56 Å². The Morgan fingerprint density at radius 3 is 2.59 bits per heavy atom. The van der Waals surface area contributed by atoms with E-state index in [4.69, 9.17) is 11.6 Å². The summed E-state index contributed by atoms with van der Waals surface area (Å²) in [5, 5.41) is 8.04. The molecule has 3 nitrogen and oxygen atoms in total. The molecule has 0 radical (unpaired) electrons. The highest BCUT2D eigenvalue weighted by molar-refractivity contribution is 9.10. The lowest BCUT2D eigenvalue weighted by molar-refractivity contribution is 0.789. The van der Waals surface area contributed by atoms with Crippen LogP contribution in [0.3, 0.4) is 0 Å². The zero-order valence-electron chi connectivity index (χ0n) is 9.91. The molecule has 1 aromatic carbocycles. The Hall–Kier alpha value is -0.870. The molecule has 17 heavy (non-hydrogen) atoms. The third-order valence-corrected chi connectivity index (χ3v) is 3.37. The van der Waals surface area contributed by atoms with Gasteiger partial charge in [-0.15, -0.1) is 16.7 Å². The van der Waals surface area contributed by atoms with Gasteiger partial charge in [-0.25, -0.2) is 4.68 Å². The Balaban J connectivity index is 2.52. The number of aryl methyl sites for hydroxylation is 2. The van der Waals surface area contributed by atoms with Crippen molar-refractivity contribution in [2.24, 2.45) is 0 Å². The van der Waals surface area contributed by atoms with Gasteiger partial charge in [-0.1, -0.05) is 11.3 Å². The smallest absolute Gasteiger partial charge is 0.101 e. The molecule has 0 amide bonds. The third kappa shape index (κ3) is 2.53. The number of aromatic nitrogens is 3. The van der Waals surface area contributed by atoms with Crippen LogP contribution in [0.4, 0.5) is 0 Å². The summed E-state index contributed by atoms with van der Waals surface area (Å²) in [5.74, 6) is 0. The standard InChI is InChI=1S/C12H13BrClN3/c1-7-4-8(2)12(10(13)5-7)17-6-11(9(3)14)15-16-17/h4-6,9H,1-3H3. The molecule has 0 aliphatic heterocycles. The van der Waals surface area contributed by atoms with Crippen molar-refractivity contribution >= 4 is 27.5 Å². The zero-order chi connectivity index (χ0) is 12.6. The number of halogens is 2. The van der Waals surface area contributed by atoms with E-state index in [1.54, 1.807) is 4.68 Å². The van der Waals surface area contributed by atoms with Crippen molar-refractivity contribution in [3.63, 3.8) is 0 Å². The van der Waals surface area contributed by atoms with Crippen molar-refractivity contribution in [2.45, 2.75) is 26.1 Å². The van der Waals surface area contributed by atoms with E-state index in [2.05, 4.69) is 52.2 Å². The summed E-state index contributed by atoms with van der Waals surface area (Å²) in [7, 11) is 0. The van der Waals surface area contributed by atoms with Crippen LogP contribution in [0.15, 0.2) is 22.8 Å². The molecule has 2 rings (SSSR count). The predicted molar refractivity (Wildman–Crippen MR) is 72.8 cm³/mol. The predicted octanol–water partition coefficient (Wildman–Crippen LogP) is 3.95. The number of hydrogen-bond donors (Lipinski definition) is 0. The van der Waals surface area contributed by atoms with Crippen LogP contribution in [0, 0.1) is 13.8 Å². The average Bonchev–Trinajstić information content (AvgIpc) is 2.65. The molecular weight excluding hydrogens is 302 g/mol. The highest BCUT2D eigenvalue weighted by atomic mass is 79.9. The molecule has 2 aromatic rings. The van der Waals surface area contributed by atoms with Crippen molar-refractivity contribution in [1.82, 2.24) is 15.0 Å². The lowest BCUT2D eigenvalue weighted by Crippen LogP contribution is -2.00. The first-order valence-electron chi connectivity index (χ1n) is 5.32. The van der Waals surface area contributed by atoms with E-state index in [0.717, 1.165) is 21.4 Å². The van der Waals surface area contributed by atoms with E-state index in [9.17, 15) is 0 Å². The molecule has 0 aliphatic carbocycles. The van der Waals surface area contributed by atoms with Gasteiger partial charge in [0.2, 0.25) is 0 Å². The first-order chi connectivity index (χ1) is 7.99. The van der Waals surface area contributed by atoms with Crippen LogP contribution in [0.25, 0.3) is 5.69 Å². The van der Waals surface area contributed by atoms with E-state index in [0.29, 0.717) is 0 Å². The molecule has 1 heterocycles. The molecule has 0 N–H and O–H groups in total. The van der Waals surface area contributed by atoms with Crippen LogP contribution < -0.4 is 0 Å². The van der Waals surface area contributed by atoms with Gasteiger partial charge in [-0.05, 0) is 53.9 Å². The van der Waals surface area contributed by atoms with Gasteiger partial charge in [0.15, 0.2) is 0 Å². The number of hydrogen-bond acceptors (Lipinski definition) is 2. The second-order valence-electron chi connectivity index (χ2n) is 4.12. The van der Waals surface area contributed by atoms with Crippen molar-refractivity contribution in [2.75, 3.05) is 0 Å². The van der Waals surface area contributed by atoms with Gasteiger partial charge in [0.25, 0.3) is 0 Å². The number of rotatable bonds is 2. The molecule has 0 bridgehead atoms. The monoisotopic (exact) mass is 313 g/mol. The van der Waals surface area contributed by atoms with Gasteiger partial charge in [-0.3, -0.25) is 0 Å². The summed E-state index contributed by atoms with van der Waals surface area (Å²) in [6.45, 7) is 6.00. The normalized spacial score (nSPS) is 12.8. The minimum atomic E-state index is -0.131. The highest BCUT2D eigenvalue weighted by Gasteiger charge is 2.12. The molecule has 1 atom stereocenters. The van der Waals surface area contributed by atoms with Crippen LogP contribution in [-0.4, -0.2) is 15.0 Å². The van der Waals surface area contributed by atoms with E-state index in [1.807, 2.05) is 13.1 Å². The van der Waals surface area contributed by atoms with Crippen molar-refractivity contribution in [3.8, 4) is 5.69 Å². The number of alkyl halides is 1. The lowest BCUT2D eigenvalue weighted by Gasteiger charge is -2.09. The molecule has 1 aromatic heterocycles. The second kappa shape index (κ2) is 4.78. The average molecular weight is 315 g/mol. The maximum Gasteiger partial charge on any atom is 0.101 e. The highest BCUT2D eigenvalue weighted by Crippen LogP contribution is 2.27. The molecule has 0 aliphatic rings. The molecule has 1 unspecified atom stereocenters. The first kappa shape index (κ1) is 12.6. The fourth-order valence-corrected chi connectivity index (χ4v) is 2.72. The van der Waals surface area contributed by atoms with Crippen molar-refractivity contribution in [1.29, 1.82) is 0 Å². The molecule has 0 spiro atoms. The maximum absolute atomic E-state index is 5.98. The van der Waals surface area contributed by atoms with Crippen LogP contribution in [0.5, 0.6) is 0 Å². The summed E-state index contributed by atoms with van der Waals surface area (Å²) < 4.78 is 2.77. The van der Waals surface area contributed by atoms with Crippen molar-refractivity contribution < 1.29 is 0 Å². The summed E-state index contributed by atoms with van der Waals surface area (Å²) >= 11 is 9.54. The van der Waals surface area contributed by atoms with Crippen molar-refractivity contribution in [3.05, 3.63) is 39.6 Å². The largest absolute Gasteiger partial charge is 0.219 e. The fourth-order valence-electron chi connectivity index (χ4n) is 1.77. The maximum atomic E-state index is 5.98. The second-order valence-corrected chi connectivity index (χ2v) is 5.63. The van der Waals surface area contributed by atoms with Crippen LogP contribution in [-0.2, 0) is 0 Å². The summed E-state index contributed by atoms with van der Waals surface area (Å²) in [6.07, 6.45) is 1.86. The molecular formula is C12H13BrClN3.